The van der Waals surface area contributed by atoms with Gasteiger partial charge in [0, 0.05) is 18.5 Å². The van der Waals surface area contributed by atoms with Crippen LogP contribution < -0.4 is 10.3 Å². The number of fused-ring (bicyclic) bond motifs is 1. The Morgan fingerprint density at radius 1 is 1.16 bits per heavy atom. The number of hydrogen-bond donors (Lipinski definition) is 0. The van der Waals surface area contributed by atoms with E-state index >= 15 is 0 Å². The fourth-order valence-corrected chi connectivity index (χ4v) is 4.24. The highest BCUT2D eigenvalue weighted by Crippen LogP contribution is 2.31. The Kier molecular flexibility index (Phi) is 5.81. The maximum absolute atomic E-state index is 13.1. The first-order valence-corrected chi connectivity index (χ1v) is 10.4. The van der Waals surface area contributed by atoms with Gasteiger partial charge in [-0.15, -0.1) is 11.3 Å². The molecule has 2 aromatic carbocycles. The molecule has 0 fully saturated rings. The molecule has 0 spiro atoms. The molecule has 1 amide bonds. The van der Waals surface area contributed by atoms with Crippen LogP contribution in [0.3, 0.4) is 0 Å². The highest BCUT2D eigenvalue weighted by molar-refractivity contribution is 7.22. The molecule has 0 N–H and O–H groups in total. The summed E-state index contributed by atoms with van der Waals surface area (Å²) in [4.78, 5) is 32.3. The number of benzene rings is 2. The lowest BCUT2D eigenvalue weighted by atomic mass is 10.2. The minimum Gasteiger partial charge on any atom is -0.497 e. The fraction of sp³-hybridized carbons (Fsp3) is 0.174. The molecule has 0 aliphatic rings. The van der Waals surface area contributed by atoms with Crippen molar-refractivity contribution in [1.29, 1.82) is 0 Å². The lowest BCUT2D eigenvalue weighted by Crippen LogP contribution is -2.33. The molecule has 2 aromatic heterocycles. The molecule has 0 saturated carbocycles. The molecule has 0 radical (unpaired) electrons. The third kappa shape index (κ3) is 4.49. The molecule has 0 atom stereocenters. The zero-order chi connectivity index (χ0) is 22.0. The summed E-state index contributed by atoms with van der Waals surface area (Å²) in [6.45, 7) is 0.208. The van der Waals surface area contributed by atoms with Gasteiger partial charge >= 0.3 is 0 Å². The third-order valence-corrected chi connectivity index (χ3v) is 6.10. The smallest absolute Gasteiger partial charge is 0.271 e. The highest BCUT2D eigenvalue weighted by Gasteiger charge is 2.15. The zero-order valence-corrected chi connectivity index (χ0v) is 17.9. The normalized spacial score (nSPS) is 10.9. The van der Waals surface area contributed by atoms with Gasteiger partial charge in [-0.05, 0) is 53.6 Å². The second-order valence-electron chi connectivity index (χ2n) is 7.11. The van der Waals surface area contributed by atoms with Gasteiger partial charge in [0.1, 0.15) is 22.8 Å². The lowest BCUT2D eigenvalue weighted by Gasteiger charge is -2.17. The second-order valence-corrected chi connectivity index (χ2v) is 8.16. The number of carbonyl (C=O) groups excluding carboxylic acids is 1. The molecule has 0 aliphatic heterocycles. The van der Waals surface area contributed by atoms with Crippen LogP contribution in [-0.4, -0.2) is 34.5 Å². The van der Waals surface area contributed by atoms with E-state index in [2.05, 4.69) is 4.98 Å². The molecule has 31 heavy (non-hydrogen) atoms. The van der Waals surface area contributed by atoms with Crippen molar-refractivity contribution in [2.24, 2.45) is 0 Å². The first-order chi connectivity index (χ1) is 14.9. The molecule has 0 aliphatic carbocycles. The van der Waals surface area contributed by atoms with E-state index in [4.69, 9.17) is 4.74 Å². The minimum atomic E-state index is -0.325. The van der Waals surface area contributed by atoms with Crippen molar-refractivity contribution in [3.8, 4) is 16.2 Å². The number of ether oxygens (including phenoxy) is 1. The Balaban J connectivity index is 1.53. The number of carbonyl (C=O) groups is 1. The Morgan fingerprint density at radius 3 is 2.55 bits per heavy atom. The zero-order valence-electron chi connectivity index (χ0n) is 17.0. The van der Waals surface area contributed by atoms with Crippen LogP contribution in [-0.2, 0) is 17.9 Å². The van der Waals surface area contributed by atoms with Crippen LogP contribution in [0.2, 0.25) is 0 Å². The first kappa shape index (κ1) is 20.7. The van der Waals surface area contributed by atoms with E-state index in [0.717, 1.165) is 21.8 Å². The van der Waals surface area contributed by atoms with E-state index in [1.54, 1.807) is 26.3 Å². The van der Waals surface area contributed by atoms with Crippen LogP contribution in [0, 0.1) is 5.82 Å². The van der Waals surface area contributed by atoms with Gasteiger partial charge in [-0.2, -0.15) is 0 Å². The number of nitrogens with zero attached hydrogens (tertiary/aromatic N) is 3. The number of thiophene rings is 1. The summed E-state index contributed by atoms with van der Waals surface area (Å²) < 4.78 is 20.1. The van der Waals surface area contributed by atoms with Gasteiger partial charge in [-0.25, -0.2) is 9.37 Å². The monoisotopic (exact) mass is 437 g/mol. The molecule has 158 valence electrons. The first-order valence-electron chi connectivity index (χ1n) is 9.56. The molecule has 0 bridgehead atoms. The van der Waals surface area contributed by atoms with Gasteiger partial charge in [-0.1, -0.05) is 12.1 Å². The molecule has 6 nitrogen and oxygen atoms in total. The number of likely N-dealkylation sites (N-methyl/N-ethyl adjacent to an activating group) is 1. The number of rotatable bonds is 6. The molecule has 2 heterocycles. The molecular weight excluding hydrogens is 417 g/mol. The summed E-state index contributed by atoms with van der Waals surface area (Å²) in [6, 6.07) is 15.4. The van der Waals surface area contributed by atoms with Gasteiger partial charge in [0.25, 0.3) is 5.56 Å². The van der Waals surface area contributed by atoms with Crippen molar-refractivity contribution in [3.05, 3.63) is 82.7 Å². The number of amides is 1. The summed E-state index contributed by atoms with van der Waals surface area (Å²) in [5.74, 6) is 0.196. The van der Waals surface area contributed by atoms with E-state index in [-0.39, 0.29) is 23.8 Å². The molecule has 0 saturated heterocycles. The van der Waals surface area contributed by atoms with E-state index in [1.165, 1.54) is 39.3 Å². The lowest BCUT2D eigenvalue weighted by molar-refractivity contribution is -0.131. The maximum Gasteiger partial charge on any atom is 0.271 e. The van der Waals surface area contributed by atoms with Crippen LogP contribution in [0.1, 0.15) is 5.56 Å². The van der Waals surface area contributed by atoms with Crippen molar-refractivity contribution < 1.29 is 13.9 Å². The number of methoxy groups -OCH3 is 1. The second kappa shape index (κ2) is 8.69. The highest BCUT2D eigenvalue weighted by atomic mass is 32.1. The van der Waals surface area contributed by atoms with Crippen molar-refractivity contribution in [1.82, 2.24) is 14.5 Å². The largest absolute Gasteiger partial charge is 0.497 e. The maximum atomic E-state index is 13.1. The average Bonchev–Trinajstić information content (AvgIpc) is 3.22. The Labute approximate surface area is 182 Å². The van der Waals surface area contributed by atoms with E-state index < -0.39 is 0 Å². The van der Waals surface area contributed by atoms with Crippen LogP contribution >= 0.6 is 11.3 Å². The Bertz CT molecular complexity index is 1280. The SMILES string of the molecule is COc1ccc(-c2cc3ncn(CC(=O)N(C)Cc4ccc(F)cc4)c(=O)c3s2)cc1. The van der Waals surface area contributed by atoms with Crippen LogP contribution in [0.15, 0.2) is 65.7 Å². The van der Waals surface area contributed by atoms with Crippen molar-refractivity contribution >= 4 is 27.5 Å². The van der Waals surface area contributed by atoms with Gasteiger partial charge < -0.3 is 9.64 Å². The molecular formula is C23H20FN3O3S. The van der Waals surface area contributed by atoms with Crippen molar-refractivity contribution in [2.45, 2.75) is 13.1 Å². The number of aromatic nitrogens is 2. The molecule has 8 heteroatoms. The Hall–Kier alpha value is -3.52. The predicted molar refractivity (Wildman–Crippen MR) is 119 cm³/mol. The third-order valence-electron chi connectivity index (χ3n) is 4.94. The van der Waals surface area contributed by atoms with Gasteiger partial charge in [-0.3, -0.25) is 14.2 Å². The van der Waals surface area contributed by atoms with E-state index in [9.17, 15) is 14.0 Å². The van der Waals surface area contributed by atoms with Crippen molar-refractivity contribution in [3.63, 3.8) is 0 Å². The summed E-state index contributed by atoms with van der Waals surface area (Å²) in [6.07, 6.45) is 1.40. The molecule has 0 unspecified atom stereocenters. The molecule has 4 rings (SSSR count). The Morgan fingerprint density at radius 2 is 1.87 bits per heavy atom. The summed E-state index contributed by atoms with van der Waals surface area (Å²) in [5.41, 5.74) is 2.12. The topological polar surface area (TPSA) is 64.4 Å². The van der Waals surface area contributed by atoms with Crippen molar-refractivity contribution in [2.75, 3.05) is 14.2 Å². The predicted octanol–water partition coefficient (Wildman–Crippen LogP) is 3.93. The molecule has 4 aromatic rings. The average molecular weight is 437 g/mol. The number of hydrogen-bond acceptors (Lipinski definition) is 5. The van der Waals surface area contributed by atoms with E-state index in [0.29, 0.717) is 16.8 Å². The minimum absolute atomic E-state index is 0.116. The summed E-state index contributed by atoms with van der Waals surface area (Å²) in [5, 5.41) is 0. The van der Waals surface area contributed by atoms with Crippen LogP contribution in [0.5, 0.6) is 5.75 Å². The van der Waals surface area contributed by atoms with Gasteiger partial charge in [0.15, 0.2) is 0 Å². The quantitative estimate of drug-likeness (QED) is 0.459. The summed E-state index contributed by atoms with van der Waals surface area (Å²) >= 11 is 1.35. The van der Waals surface area contributed by atoms with Gasteiger partial charge in [0.2, 0.25) is 5.91 Å². The van der Waals surface area contributed by atoms with E-state index in [1.807, 2.05) is 30.3 Å². The van der Waals surface area contributed by atoms with Crippen LogP contribution in [0.25, 0.3) is 20.7 Å². The number of halogens is 1. The fourth-order valence-electron chi connectivity index (χ4n) is 3.17. The summed E-state index contributed by atoms with van der Waals surface area (Å²) in [7, 11) is 3.26. The standard InChI is InChI=1S/C23H20FN3O3S/c1-26(12-15-3-7-17(24)8-4-15)21(28)13-27-14-25-19-11-20(31-22(19)23(27)29)16-5-9-18(30-2)10-6-16/h3-11,14H,12-13H2,1-2H3. The van der Waals surface area contributed by atoms with Crippen LogP contribution in [0.4, 0.5) is 4.39 Å². The van der Waals surface area contributed by atoms with Gasteiger partial charge in [0.05, 0.1) is 19.0 Å².